The summed E-state index contributed by atoms with van der Waals surface area (Å²) in [6, 6.07) is 0. The molecule has 1 saturated heterocycles. The Bertz CT molecular complexity index is 229. The maximum atomic E-state index is 11.4. The minimum Gasteiger partial charge on any atom is -0.349 e. The Labute approximate surface area is 105 Å². The number of piperidine rings is 1. The van der Waals surface area contributed by atoms with Gasteiger partial charge in [-0.3, -0.25) is 4.79 Å². The average molecular weight is 241 g/mol. The minimum absolute atomic E-state index is 0.244. The molecule has 0 saturated carbocycles. The van der Waals surface area contributed by atoms with Crippen molar-refractivity contribution < 1.29 is 4.79 Å². The van der Waals surface area contributed by atoms with Crippen molar-refractivity contribution in [2.24, 2.45) is 5.92 Å². The molecule has 0 radical (unpaired) electrons. The highest BCUT2D eigenvalue weighted by Crippen LogP contribution is 2.16. The predicted molar refractivity (Wildman–Crippen MR) is 71.0 cm³/mol. The summed E-state index contributed by atoms with van der Waals surface area (Å²) in [5, 5.41) is 3.26. The molecule has 0 aliphatic carbocycles. The Kier molecular flexibility index (Phi) is 6.52. The van der Waals surface area contributed by atoms with Gasteiger partial charge in [-0.25, -0.2) is 0 Å². The quantitative estimate of drug-likeness (QED) is 0.747. The van der Waals surface area contributed by atoms with Gasteiger partial charge in [-0.1, -0.05) is 0 Å². The molecule has 1 aliphatic rings. The van der Waals surface area contributed by atoms with Crippen molar-refractivity contribution in [2.45, 2.75) is 25.7 Å². The fourth-order valence-corrected chi connectivity index (χ4v) is 2.49. The largest absolute Gasteiger partial charge is 0.349 e. The van der Waals surface area contributed by atoms with E-state index in [9.17, 15) is 4.79 Å². The van der Waals surface area contributed by atoms with Crippen molar-refractivity contribution >= 4 is 5.91 Å². The highest BCUT2D eigenvalue weighted by molar-refractivity contribution is 5.75. The van der Waals surface area contributed by atoms with Crippen molar-refractivity contribution in [1.82, 2.24) is 15.1 Å². The lowest BCUT2D eigenvalue weighted by Crippen LogP contribution is -2.39. The number of nitrogens with zero attached hydrogens (tertiary/aromatic N) is 2. The summed E-state index contributed by atoms with van der Waals surface area (Å²) in [4.78, 5) is 15.6. The molecule has 0 aromatic carbocycles. The van der Waals surface area contributed by atoms with Crippen LogP contribution in [0, 0.1) is 5.92 Å². The van der Waals surface area contributed by atoms with Gasteiger partial charge >= 0.3 is 0 Å². The maximum Gasteiger partial charge on any atom is 0.222 e. The van der Waals surface area contributed by atoms with Gasteiger partial charge in [0.15, 0.2) is 0 Å². The van der Waals surface area contributed by atoms with Crippen molar-refractivity contribution in [3.63, 3.8) is 0 Å². The smallest absolute Gasteiger partial charge is 0.222 e. The highest BCUT2D eigenvalue weighted by atomic mass is 16.2. The lowest BCUT2D eigenvalue weighted by atomic mass is 9.98. The summed E-state index contributed by atoms with van der Waals surface area (Å²) in [6.45, 7) is 4.58. The second-order valence-electron chi connectivity index (χ2n) is 5.26. The first kappa shape index (κ1) is 14.5. The van der Waals surface area contributed by atoms with Gasteiger partial charge in [0.05, 0.1) is 0 Å². The van der Waals surface area contributed by atoms with Gasteiger partial charge in [0, 0.05) is 27.1 Å². The first-order valence-electron chi connectivity index (χ1n) is 6.70. The van der Waals surface area contributed by atoms with Crippen molar-refractivity contribution in [3.8, 4) is 0 Å². The Morgan fingerprint density at radius 3 is 2.88 bits per heavy atom. The van der Waals surface area contributed by atoms with E-state index in [1.165, 1.54) is 25.9 Å². The number of rotatable bonds is 6. The molecule has 0 bridgehead atoms. The first-order valence-corrected chi connectivity index (χ1v) is 6.70. The van der Waals surface area contributed by atoms with Gasteiger partial charge < -0.3 is 15.1 Å². The van der Waals surface area contributed by atoms with E-state index in [4.69, 9.17) is 0 Å². The molecule has 0 spiro atoms. The van der Waals surface area contributed by atoms with Crippen molar-refractivity contribution in [2.75, 3.05) is 47.3 Å². The number of nitrogens with one attached hydrogen (secondary N) is 1. The van der Waals surface area contributed by atoms with E-state index in [1.807, 2.05) is 21.1 Å². The van der Waals surface area contributed by atoms with Crippen LogP contribution in [0.15, 0.2) is 0 Å². The molecule has 0 aromatic rings. The predicted octanol–water partition coefficient (Wildman–Crippen LogP) is 0.786. The average Bonchev–Trinajstić information content (AvgIpc) is 2.29. The number of hydrogen-bond donors (Lipinski definition) is 1. The lowest BCUT2D eigenvalue weighted by Gasteiger charge is -2.32. The third-order valence-corrected chi connectivity index (χ3v) is 3.46. The van der Waals surface area contributed by atoms with Crippen LogP contribution < -0.4 is 5.32 Å². The monoisotopic (exact) mass is 241 g/mol. The first-order chi connectivity index (χ1) is 8.13. The third kappa shape index (κ3) is 5.50. The van der Waals surface area contributed by atoms with Crippen LogP contribution in [-0.2, 0) is 4.79 Å². The Morgan fingerprint density at radius 1 is 1.47 bits per heavy atom. The van der Waals surface area contributed by atoms with Crippen LogP contribution in [0.1, 0.15) is 25.7 Å². The summed E-state index contributed by atoms with van der Waals surface area (Å²) in [7, 11) is 5.67. The highest BCUT2D eigenvalue weighted by Gasteiger charge is 2.18. The van der Waals surface area contributed by atoms with E-state index in [0.717, 1.165) is 25.4 Å². The van der Waals surface area contributed by atoms with E-state index in [0.29, 0.717) is 6.42 Å². The molecule has 1 heterocycles. The topological polar surface area (TPSA) is 35.6 Å². The Hall–Kier alpha value is -0.610. The second kappa shape index (κ2) is 7.67. The van der Waals surface area contributed by atoms with E-state index in [2.05, 4.69) is 10.2 Å². The molecular formula is C13H27N3O. The molecule has 4 nitrogen and oxygen atoms in total. The Balaban J connectivity index is 2.16. The van der Waals surface area contributed by atoms with Crippen LogP contribution in [-0.4, -0.2) is 63.0 Å². The molecule has 1 atom stereocenters. The number of carbonyl (C=O) groups excluding carboxylic acids is 1. The molecule has 1 rings (SSSR count). The molecule has 1 aliphatic heterocycles. The van der Waals surface area contributed by atoms with E-state index in [-0.39, 0.29) is 5.91 Å². The normalized spacial score (nSPS) is 21.5. The van der Waals surface area contributed by atoms with Crippen LogP contribution in [0.5, 0.6) is 0 Å². The van der Waals surface area contributed by atoms with Crippen LogP contribution in [0.25, 0.3) is 0 Å². The van der Waals surface area contributed by atoms with Crippen molar-refractivity contribution in [3.05, 3.63) is 0 Å². The molecule has 4 heteroatoms. The standard InChI is InChI=1S/C13H27N3O/c1-14-10-12-6-4-8-16(11-12)9-5-7-13(17)15(2)3/h12,14H,4-11H2,1-3H3. The fraction of sp³-hybridized carbons (Fsp3) is 0.923. The summed E-state index contributed by atoms with van der Waals surface area (Å²) in [5.41, 5.74) is 0. The third-order valence-electron chi connectivity index (χ3n) is 3.46. The zero-order chi connectivity index (χ0) is 12.7. The van der Waals surface area contributed by atoms with Gasteiger partial charge in [-0.2, -0.15) is 0 Å². The molecule has 17 heavy (non-hydrogen) atoms. The lowest BCUT2D eigenvalue weighted by molar-refractivity contribution is -0.128. The molecule has 1 amide bonds. The zero-order valence-corrected chi connectivity index (χ0v) is 11.5. The summed E-state index contributed by atoms with van der Waals surface area (Å²) < 4.78 is 0. The summed E-state index contributed by atoms with van der Waals surface area (Å²) in [5.74, 6) is 1.03. The van der Waals surface area contributed by atoms with Gasteiger partial charge in [0.25, 0.3) is 0 Å². The number of carbonyl (C=O) groups is 1. The van der Waals surface area contributed by atoms with Gasteiger partial charge in [0.1, 0.15) is 0 Å². The van der Waals surface area contributed by atoms with E-state index in [1.54, 1.807) is 4.90 Å². The van der Waals surface area contributed by atoms with Gasteiger partial charge in [0.2, 0.25) is 5.91 Å². The molecule has 100 valence electrons. The summed E-state index contributed by atoms with van der Waals surface area (Å²) >= 11 is 0. The molecular weight excluding hydrogens is 214 g/mol. The van der Waals surface area contributed by atoms with E-state index >= 15 is 0 Å². The number of likely N-dealkylation sites (tertiary alicyclic amines) is 1. The van der Waals surface area contributed by atoms with Crippen LogP contribution in [0.2, 0.25) is 0 Å². The summed E-state index contributed by atoms with van der Waals surface area (Å²) in [6.07, 6.45) is 4.31. The molecule has 1 fully saturated rings. The van der Waals surface area contributed by atoms with Crippen LogP contribution >= 0.6 is 0 Å². The van der Waals surface area contributed by atoms with Crippen LogP contribution in [0.4, 0.5) is 0 Å². The maximum absolute atomic E-state index is 11.4. The molecule has 0 aromatic heterocycles. The fourth-order valence-electron chi connectivity index (χ4n) is 2.49. The number of amides is 1. The van der Waals surface area contributed by atoms with Crippen molar-refractivity contribution in [1.29, 1.82) is 0 Å². The molecule has 1 unspecified atom stereocenters. The zero-order valence-electron chi connectivity index (χ0n) is 11.5. The Morgan fingerprint density at radius 2 is 2.24 bits per heavy atom. The van der Waals surface area contributed by atoms with E-state index < -0.39 is 0 Å². The van der Waals surface area contributed by atoms with Crippen LogP contribution in [0.3, 0.4) is 0 Å². The minimum atomic E-state index is 0.244. The van der Waals surface area contributed by atoms with Gasteiger partial charge in [-0.15, -0.1) is 0 Å². The second-order valence-corrected chi connectivity index (χ2v) is 5.26. The van der Waals surface area contributed by atoms with Gasteiger partial charge in [-0.05, 0) is 51.9 Å². The molecule has 1 N–H and O–H groups in total. The number of hydrogen-bond acceptors (Lipinski definition) is 3. The SMILES string of the molecule is CNCC1CCCN(CCCC(=O)N(C)C)C1.